The summed E-state index contributed by atoms with van der Waals surface area (Å²) in [6, 6.07) is 8.86. The second-order valence-corrected chi connectivity index (χ2v) is 4.97. The number of methoxy groups -OCH3 is 1. The van der Waals surface area contributed by atoms with E-state index < -0.39 is 0 Å². The Labute approximate surface area is 112 Å². The third-order valence-electron chi connectivity index (χ3n) is 3.38. The molecule has 0 fully saturated rings. The van der Waals surface area contributed by atoms with E-state index >= 15 is 0 Å². The van der Waals surface area contributed by atoms with Gasteiger partial charge in [0.15, 0.2) is 0 Å². The van der Waals surface area contributed by atoms with E-state index in [1.165, 1.54) is 24.8 Å². The Morgan fingerprint density at radius 2 is 2.00 bits per heavy atom. The van der Waals surface area contributed by atoms with Gasteiger partial charge >= 0.3 is 0 Å². The van der Waals surface area contributed by atoms with Gasteiger partial charge in [-0.1, -0.05) is 39.3 Å². The van der Waals surface area contributed by atoms with Gasteiger partial charge in [-0.3, -0.25) is 0 Å². The molecule has 2 unspecified atom stereocenters. The zero-order chi connectivity index (χ0) is 13.4. The van der Waals surface area contributed by atoms with Crippen LogP contribution in [0.3, 0.4) is 0 Å². The fourth-order valence-electron chi connectivity index (χ4n) is 2.40. The van der Waals surface area contributed by atoms with Crippen molar-refractivity contribution in [1.82, 2.24) is 5.32 Å². The zero-order valence-electron chi connectivity index (χ0n) is 12.2. The van der Waals surface area contributed by atoms with Crippen LogP contribution >= 0.6 is 0 Å². The molecule has 1 aromatic rings. The summed E-state index contributed by atoms with van der Waals surface area (Å²) in [6.45, 7) is 7.85. The van der Waals surface area contributed by atoms with Crippen LogP contribution in [-0.4, -0.2) is 13.7 Å². The van der Waals surface area contributed by atoms with Crippen molar-refractivity contribution in [2.45, 2.75) is 46.1 Å². The summed E-state index contributed by atoms with van der Waals surface area (Å²) in [5.74, 6) is 1.59. The van der Waals surface area contributed by atoms with E-state index in [1.54, 1.807) is 7.11 Å². The Hall–Kier alpha value is -1.02. The number of nitrogens with one attached hydrogen (secondary N) is 1. The third-order valence-corrected chi connectivity index (χ3v) is 3.38. The Kier molecular flexibility index (Phi) is 6.81. The van der Waals surface area contributed by atoms with Gasteiger partial charge in [0, 0.05) is 6.04 Å². The van der Waals surface area contributed by atoms with E-state index in [0.717, 1.165) is 12.3 Å². The minimum Gasteiger partial charge on any atom is -0.497 e. The highest BCUT2D eigenvalue weighted by molar-refractivity contribution is 5.30. The van der Waals surface area contributed by atoms with Crippen molar-refractivity contribution in [1.29, 1.82) is 0 Å². The summed E-state index contributed by atoms with van der Waals surface area (Å²) in [7, 11) is 1.73. The molecule has 18 heavy (non-hydrogen) atoms. The first-order chi connectivity index (χ1) is 8.72. The van der Waals surface area contributed by atoms with E-state index in [1.807, 2.05) is 6.07 Å². The standard InChI is InChI=1S/C16H27NO/c1-5-8-13(3)16(17-11-6-2)14-9-7-10-15(12-14)18-4/h7,9-10,12-13,16-17H,5-6,8,11H2,1-4H3. The van der Waals surface area contributed by atoms with Gasteiger partial charge in [-0.2, -0.15) is 0 Å². The zero-order valence-corrected chi connectivity index (χ0v) is 12.2. The topological polar surface area (TPSA) is 21.3 Å². The van der Waals surface area contributed by atoms with Gasteiger partial charge in [0.2, 0.25) is 0 Å². The SMILES string of the molecule is CCCNC(c1cccc(OC)c1)C(C)CCC. The second kappa shape index (κ2) is 8.15. The number of rotatable bonds is 8. The molecule has 0 aliphatic rings. The molecule has 1 aromatic carbocycles. The normalized spacial score (nSPS) is 14.2. The molecule has 2 nitrogen and oxygen atoms in total. The molecule has 0 bridgehead atoms. The molecule has 0 saturated heterocycles. The molecule has 0 saturated carbocycles. The summed E-state index contributed by atoms with van der Waals surface area (Å²) in [4.78, 5) is 0. The Morgan fingerprint density at radius 3 is 2.61 bits per heavy atom. The van der Waals surface area contributed by atoms with Crippen molar-refractivity contribution >= 4 is 0 Å². The summed E-state index contributed by atoms with van der Waals surface area (Å²) >= 11 is 0. The van der Waals surface area contributed by atoms with Crippen LogP contribution in [0.5, 0.6) is 5.75 Å². The van der Waals surface area contributed by atoms with Gasteiger partial charge in [0.1, 0.15) is 5.75 Å². The molecule has 2 atom stereocenters. The molecule has 0 amide bonds. The molecule has 2 heteroatoms. The Balaban J connectivity index is 2.85. The summed E-state index contributed by atoms with van der Waals surface area (Å²) in [5, 5.41) is 3.67. The van der Waals surface area contributed by atoms with E-state index in [2.05, 4.69) is 44.3 Å². The third kappa shape index (κ3) is 4.34. The van der Waals surface area contributed by atoms with Crippen LogP contribution in [0.2, 0.25) is 0 Å². The lowest BCUT2D eigenvalue weighted by molar-refractivity contribution is 0.360. The molecule has 0 aliphatic carbocycles. The van der Waals surface area contributed by atoms with Gasteiger partial charge < -0.3 is 10.1 Å². The quantitative estimate of drug-likeness (QED) is 0.746. The van der Waals surface area contributed by atoms with Gasteiger partial charge in [-0.25, -0.2) is 0 Å². The number of hydrogen-bond donors (Lipinski definition) is 1. The first-order valence-electron chi connectivity index (χ1n) is 7.10. The van der Waals surface area contributed by atoms with E-state index in [0.29, 0.717) is 12.0 Å². The molecule has 0 aliphatic heterocycles. The summed E-state index contributed by atoms with van der Waals surface area (Å²) < 4.78 is 5.32. The minimum absolute atomic E-state index is 0.431. The summed E-state index contributed by atoms with van der Waals surface area (Å²) in [6.07, 6.45) is 3.65. The van der Waals surface area contributed by atoms with Gasteiger partial charge in [-0.15, -0.1) is 0 Å². The number of ether oxygens (including phenoxy) is 1. The average Bonchev–Trinajstić information content (AvgIpc) is 2.40. The van der Waals surface area contributed by atoms with E-state index in [9.17, 15) is 0 Å². The first-order valence-corrected chi connectivity index (χ1v) is 7.10. The van der Waals surface area contributed by atoms with Crippen LogP contribution < -0.4 is 10.1 Å². The van der Waals surface area contributed by atoms with Crippen molar-refractivity contribution < 1.29 is 4.74 Å². The highest BCUT2D eigenvalue weighted by Crippen LogP contribution is 2.27. The first kappa shape index (κ1) is 15.0. The van der Waals surface area contributed by atoms with Crippen molar-refractivity contribution in [3.05, 3.63) is 29.8 Å². The average molecular weight is 249 g/mol. The fourth-order valence-corrected chi connectivity index (χ4v) is 2.40. The molecule has 0 heterocycles. The Morgan fingerprint density at radius 1 is 1.22 bits per heavy atom. The lowest BCUT2D eigenvalue weighted by Crippen LogP contribution is -2.27. The second-order valence-electron chi connectivity index (χ2n) is 4.97. The van der Waals surface area contributed by atoms with Crippen LogP contribution in [0.1, 0.15) is 51.6 Å². The molecule has 1 N–H and O–H groups in total. The maximum atomic E-state index is 5.32. The molecule has 0 aromatic heterocycles. The van der Waals surface area contributed by atoms with Gasteiger partial charge in [0.25, 0.3) is 0 Å². The van der Waals surface area contributed by atoms with Gasteiger partial charge in [0.05, 0.1) is 7.11 Å². The van der Waals surface area contributed by atoms with Crippen LogP contribution in [0.15, 0.2) is 24.3 Å². The van der Waals surface area contributed by atoms with Gasteiger partial charge in [-0.05, 0) is 43.0 Å². The molecule has 0 spiro atoms. The monoisotopic (exact) mass is 249 g/mol. The predicted octanol–water partition coefficient (Wildman–Crippen LogP) is 4.17. The highest BCUT2D eigenvalue weighted by atomic mass is 16.5. The predicted molar refractivity (Wildman–Crippen MR) is 78.1 cm³/mol. The lowest BCUT2D eigenvalue weighted by Gasteiger charge is -2.26. The number of benzene rings is 1. The van der Waals surface area contributed by atoms with Crippen molar-refractivity contribution in [3.63, 3.8) is 0 Å². The van der Waals surface area contributed by atoms with Crippen molar-refractivity contribution in [2.24, 2.45) is 5.92 Å². The molecule has 1 rings (SSSR count). The maximum absolute atomic E-state index is 5.32. The van der Waals surface area contributed by atoms with E-state index in [-0.39, 0.29) is 0 Å². The smallest absolute Gasteiger partial charge is 0.119 e. The lowest BCUT2D eigenvalue weighted by atomic mass is 9.91. The molecular formula is C16H27NO. The van der Waals surface area contributed by atoms with E-state index in [4.69, 9.17) is 4.74 Å². The van der Waals surface area contributed by atoms with Crippen molar-refractivity contribution in [3.8, 4) is 5.75 Å². The van der Waals surface area contributed by atoms with Crippen molar-refractivity contribution in [2.75, 3.05) is 13.7 Å². The fraction of sp³-hybridized carbons (Fsp3) is 0.625. The van der Waals surface area contributed by atoms with Crippen LogP contribution in [0.4, 0.5) is 0 Å². The van der Waals surface area contributed by atoms with Crippen LogP contribution in [-0.2, 0) is 0 Å². The highest BCUT2D eigenvalue weighted by Gasteiger charge is 2.18. The maximum Gasteiger partial charge on any atom is 0.119 e. The number of hydrogen-bond acceptors (Lipinski definition) is 2. The summed E-state index contributed by atoms with van der Waals surface area (Å²) in [5.41, 5.74) is 1.34. The Bertz CT molecular complexity index is 338. The molecule has 0 radical (unpaired) electrons. The van der Waals surface area contributed by atoms with Crippen LogP contribution in [0.25, 0.3) is 0 Å². The molecular weight excluding hydrogens is 222 g/mol. The minimum atomic E-state index is 0.431. The largest absolute Gasteiger partial charge is 0.497 e. The van der Waals surface area contributed by atoms with Crippen LogP contribution in [0, 0.1) is 5.92 Å². The molecule has 102 valence electrons.